The largest absolute Gasteiger partial charge is 0.469 e. The molecule has 0 spiro atoms. The minimum Gasteiger partial charge on any atom is -0.469 e. The van der Waals surface area contributed by atoms with Gasteiger partial charge in [0.05, 0.1) is 11.8 Å². The van der Waals surface area contributed by atoms with Gasteiger partial charge in [0.25, 0.3) is 11.8 Å². The summed E-state index contributed by atoms with van der Waals surface area (Å²) in [6.07, 6.45) is 1.48. The van der Waals surface area contributed by atoms with Crippen molar-refractivity contribution in [1.82, 2.24) is 4.90 Å². The van der Waals surface area contributed by atoms with Crippen molar-refractivity contribution in [3.05, 3.63) is 53.5 Å². The van der Waals surface area contributed by atoms with Crippen LogP contribution in [0.25, 0.3) is 0 Å². The van der Waals surface area contributed by atoms with Crippen molar-refractivity contribution < 1.29 is 14.0 Å². The first-order valence-electron chi connectivity index (χ1n) is 6.16. The molecule has 2 amide bonds. The molecule has 0 aliphatic heterocycles. The molecular formula is C15H16N2O3. The molecule has 104 valence electrons. The summed E-state index contributed by atoms with van der Waals surface area (Å²) in [4.78, 5) is 25.2. The second-order valence-electron chi connectivity index (χ2n) is 4.62. The molecule has 2 aromatic rings. The van der Waals surface area contributed by atoms with E-state index in [-0.39, 0.29) is 11.8 Å². The number of hydrogen-bond acceptors (Lipinski definition) is 3. The van der Waals surface area contributed by atoms with Crippen LogP contribution in [0.3, 0.4) is 0 Å². The van der Waals surface area contributed by atoms with E-state index in [9.17, 15) is 9.59 Å². The molecule has 0 aliphatic rings. The van der Waals surface area contributed by atoms with Crippen LogP contribution in [0.15, 0.2) is 41.0 Å². The molecule has 0 saturated carbocycles. The van der Waals surface area contributed by atoms with Crippen LogP contribution in [0.5, 0.6) is 0 Å². The molecule has 0 aliphatic carbocycles. The van der Waals surface area contributed by atoms with Gasteiger partial charge in [0.1, 0.15) is 5.76 Å². The van der Waals surface area contributed by atoms with Crippen LogP contribution in [0, 0.1) is 6.92 Å². The second kappa shape index (κ2) is 5.61. The molecule has 0 fully saturated rings. The minimum absolute atomic E-state index is 0.0754. The molecule has 1 aromatic carbocycles. The quantitative estimate of drug-likeness (QED) is 0.934. The Labute approximate surface area is 117 Å². The van der Waals surface area contributed by atoms with Crippen LogP contribution in [-0.4, -0.2) is 30.8 Å². The van der Waals surface area contributed by atoms with Crippen LogP contribution in [0.1, 0.15) is 26.5 Å². The van der Waals surface area contributed by atoms with E-state index in [0.717, 1.165) is 0 Å². The topological polar surface area (TPSA) is 62.6 Å². The zero-order chi connectivity index (χ0) is 14.7. The van der Waals surface area contributed by atoms with Crippen LogP contribution >= 0.6 is 0 Å². The maximum atomic E-state index is 12.0. The fraction of sp³-hybridized carbons (Fsp3) is 0.200. The lowest BCUT2D eigenvalue weighted by atomic mass is 10.1. The Hall–Kier alpha value is -2.56. The Morgan fingerprint density at radius 2 is 1.75 bits per heavy atom. The highest BCUT2D eigenvalue weighted by atomic mass is 16.3. The van der Waals surface area contributed by atoms with Gasteiger partial charge in [-0.2, -0.15) is 0 Å². The lowest BCUT2D eigenvalue weighted by Gasteiger charge is -2.10. The monoisotopic (exact) mass is 272 g/mol. The number of carbonyl (C=O) groups is 2. The smallest absolute Gasteiger partial charge is 0.259 e. The molecule has 1 heterocycles. The average molecular weight is 272 g/mol. The Morgan fingerprint density at radius 3 is 2.25 bits per heavy atom. The summed E-state index contributed by atoms with van der Waals surface area (Å²) in [6.45, 7) is 1.73. The van der Waals surface area contributed by atoms with E-state index in [0.29, 0.717) is 22.6 Å². The number of nitrogens with zero attached hydrogens (tertiary/aromatic N) is 1. The Morgan fingerprint density at radius 1 is 1.10 bits per heavy atom. The zero-order valence-corrected chi connectivity index (χ0v) is 11.6. The fourth-order valence-electron chi connectivity index (χ4n) is 1.77. The number of hydrogen-bond donors (Lipinski definition) is 1. The van der Waals surface area contributed by atoms with Crippen LogP contribution in [-0.2, 0) is 0 Å². The second-order valence-corrected chi connectivity index (χ2v) is 4.62. The first-order valence-corrected chi connectivity index (χ1v) is 6.16. The van der Waals surface area contributed by atoms with E-state index < -0.39 is 0 Å². The standard InChI is InChI=1S/C15H16N2O3/c1-10-13(8-9-20-10)14(18)16-12-6-4-11(5-7-12)15(19)17(2)3/h4-9H,1-3H3,(H,16,18). The Kier molecular flexibility index (Phi) is 3.89. The van der Waals surface area contributed by atoms with Gasteiger partial charge in [-0.15, -0.1) is 0 Å². The number of furan rings is 1. The average Bonchev–Trinajstić information content (AvgIpc) is 2.85. The lowest BCUT2D eigenvalue weighted by molar-refractivity contribution is 0.0827. The highest BCUT2D eigenvalue weighted by Gasteiger charge is 2.12. The SMILES string of the molecule is Cc1occc1C(=O)Nc1ccc(C(=O)N(C)C)cc1. The van der Waals surface area contributed by atoms with E-state index in [4.69, 9.17) is 4.42 Å². The molecule has 0 radical (unpaired) electrons. The molecule has 0 saturated heterocycles. The van der Waals surface area contributed by atoms with Crippen molar-refractivity contribution in [2.24, 2.45) is 0 Å². The van der Waals surface area contributed by atoms with Gasteiger partial charge in [0.15, 0.2) is 0 Å². The van der Waals surface area contributed by atoms with Crippen molar-refractivity contribution in [1.29, 1.82) is 0 Å². The summed E-state index contributed by atoms with van der Waals surface area (Å²) in [6, 6.07) is 8.38. The summed E-state index contributed by atoms with van der Waals surface area (Å²) < 4.78 is 5.09. The maximum Gasteiger partial charge on any atom is 0.259 e. The minimum atomic E-state index is -0.233. The first kappa shape index (κ1) is 13.9. The summed E-state index contributed by atoms with van der Waals surface area (Å²) in [7, 11) is 3.39. The molecule has 20 heavy (non-hydrogen) atoms. The van der Waals surface area contributed by atoms with Crippen molar-refractivity contribution >= 4 is 17.5 Å². The highest BCUT2D eigenvalue weighted by Crippen LogP contribution is 2.14. The fourth-order valence-corrected chi connectivity index (χ4v) is 1.77. The lowest BCUT2D eigenvalue weighted by Crippen LogP contribution is -2.21. The number of benzene rings is 1. The molecule has 5 heteroatoms. The van der Waals surface area contributed by atoms with E-state index in [1.54, 1.807) is 51.4 Å². The first-order chi connectivity index (χ1) is 9.49. The normalized spacial score (nSPS) is 10.2. The summed E-state index contributed by atoms with van der Waals surface area (Å²) >= 11 is 0. The predicted molar refractivity (Wildman–Crippen MR) is 75.9 cm³/mol. The molecule has 1 N–H and O–H groups in total. The van der Waals surface area contributed by atoms with Gasteiger partial charge >= 0.3 is 0 Å². The van der Waals surface area contributed by atoms with Crippen LogP contribution in [0.4, 0.5) is 5.69 Å². The third-order valence-corrected chi connectivity index (χ3v) is 2.90. The molecule has 0 unspecified atom stereocenters. The molecular weight excluding hydrogens is 256 g/mol. The van der Waals surface area contributed by atoms with Gasteiger partial charge in [0, 0.05) is 25.3 Å². The molecule has 0 bridgehead atoms. The van der Waals surface area contributed by atoms with Crippen LogP contribution in [0.2, 0.25) is 0 Å². The van der Waals surface area contributed by atoms with E-state index in [2.05, 4.69) is 5.32 Å². The number of rotatable bonds is 3. The van der Waals surface area contributed by atoms with Gasteiger partial charge in [0.2, 0.25) is 0 Å². The predicted octanol–water partition coefficient (Wildman–Crippen LogP) is 2.54. The number of anilines is 1. The van der Waals surface area contributed by atoms with Crippen molar-refractivity contribution in [2.45, 2.75) is 6.92 Å². The third-order valence-electron chi connectivity index (χ3n) is 2.90. The van der Waals surface area contributed by atoms with E-state index in [1.807, 2.05) is 0 Å². The highest BCUT2D eigenvalue weighted by molar-refractivity contribution is 6.05. The van der Waals surface area contributed by atoms with Gasteiger partial charge in [-0.1, -0.05) is 0 Å². The van der Waals surface area contributed by atoms with Gasteiger partial charge < -0.3 is 14.6 Å². The van der Waals surface area contributed by atoms with Crippen molar-refractivity contribution in [2.75, 3.05) is 19.4 Å². The molecule has 0 atom stereocenters. The van der Waals surface area contributed by atoms with Crippen molar-refractivity contribution in [3.63, 3.8) is 0 Å². The van der Waals surface area contributed by atoms with Gasteiger partial charge in [-0.05, 0) is 37.3 Å². The number of aryl methyl sites for hydroxylation is 1. The van der Waals surface area contributed by atoms with Gasteiger partial charge in [-0.25, -0.2) is 0 Å². The molecule has 1 aromatic heterocycles. The maximum absolute atomic E-state index is 12.0. The number of amides is 2. The number of carbonyl (C=O) groups excluding carboxylic acids is 2. The Balaban J connectivity index is 2.10. The van der Waals surface area contributed by atoms with Crippen molar-refractivity contribution in [3.8, 4) is 0 Å². The Bertz CT molecular complexity index is 627. The summed E-state index contributed by atoms with van der Waals surface area (Å²) in [5, 5.41) is 2.76. The van der Waals surface area contributed by atoms with Crippen LogP contribution < -0.4 is 5.32 Å². The van der Waals surface area contributed by atoms with E-state index in [1.165, 1.54) is 11.2 Å². The molecule has 2 rings (SSSR count). The zero-order valence-electron chi connectivity index (χ0n) is 11.6. The van der Waals surface area contributed by atoms with E-state index >= 15 is 0 Å². The summed E-state index contributed by atoms with van der Waals surface area (Å²) in [5.74, 6) is 0.262. The third kappa shape index (κ3) is 2.88. The van der Waals surface area contributed by atoms with Gasteiger partial charge in [-0.3, -0.25) is 9.59 Å². The number of nitrogens with one attached hydrogen (secondary N) is 1. The summed E-state index contributed by atoms with van der Waals surface area (Å²) in [5.41, 5.74) is 1.71. The molecule has 5 nitrogen and oxygen atoms in total.